The highest BCUT2D eigenvalue weighted by Crippen LogP contribution is 2.29. The molecule has 8 N–H and O–H groups in total. The third-order valence-corrected chi connectivity index (χ3v) is 5.41. The van der Waals surface area contributed by atoms with Gasteiger partial charge < -0.3 is 41.5 Å². The second-order valence-electron chi connectivity index (χ2n) is 6.47. The lowest BCUT2D eigenvalue weighted by molar-refractivity contribution is -0.205. The van der Waals surface area contributed by atoms with E-state index >= 15 is 0 Å². The molecule has 0 aromatic carbocycles. The van der Waals surface area contributed by atoms with Gasteiger partial charge in [0.2, 0.25) is 11.0 Å². The smallest absolute Gasteiger partial charge is 0.224 e. The first-order valence-corrected chi connectivity index (χ1v) is 9.89. The summed E-state index contributed by atoms with van der Waals surface area (Å²) in [7, 11) is 0. The van der Waals surface area contributed by atoms with E-state index in [9.17, 15) is 30.0 Å². The third kappa shape index (κ3) is 6.95. The molecule has 158 valence electrons. The van der Waals surface area contributed by atoms with Crippen molar-refractivity contribution in [3.8, 4) is 0 Å². The molecule has 1 aliphatic rings. The third-order valence-electron chi connectivity index (χ3n) is 4.26. The molecule has 6 atom stereocenters. The summed E-state index contributed by atoms with van der Waals surface area (Å²) in [5, 5.41) is 38.1. The Balaban J connectivity index is 2.63. The highest BCUT2D eigenvalue weighted by atomic mass is 32.2. The number of aliphatic hydroxyl groups is 4. The lowest BCUT2D eigenvalue weighted by atomic mass is 10.0. The average Bonchev–Trinajstić information content (AvgIpc) is 2.65. The van der Waals surface area contributed by atoms with Crippen molar-refractivity contribution >= 4 is 22.8 Å². The minimum absolute atomic E-state index is 0.201. The molecule has 0 aliphatic carbocycles. The maximum Gasteiger partial charge on any atom is 0.224 e. The van der Waals surface area contributed by atoms with Crippen LogP contribution in [0.4, 0.5) is 0 Å². The fourth-order valence-electron chi connectivity index (χ4n) is 2.68. The fourth-order valence-corrected chi connectivity index (χ4v) is 3.67. The quantitative estimate of drug-likeness (QED) is 0.223. The molecule has 0 saturated carbocycles. The molecule has 1 fully saturated rings. The molecule has 0 aromatic rings. The van der Waals surface area contributed by atoms with E-state index in [1.807, 2.05) is 6.92 Å². The Morgan fingerprint density at radius 2 is 1.85 bits per heavy atom. The number of nitrogens with two attached hydrogens (primary N) is 2. The molecule has 10 nitrogen and oxygen atoms in total. The van der Waals surface area contributed by atoms with Gasteiger partial charge in [-0.05, 0) is 19.4 Å². The second-order valence-corrected chi connectivity index (χ2v) is 7.57. The van der Waals surface area contributed by atoms with Crippen LogP contribution in [0.25, 0.3) is 0 Å². The predicted octanol–water partition coefficient (Wildman–Crippen LogP) is -2.65. The number of nitrogens with zero attached hydrogens (tertiary/aromatic N) is 1. The lowest BCUT2D eigenvalue weighted by Crippen LogP contribution is -2.58. The van der Waals surface area contributed by atoms with E-state index in [0.717, 1.165) is 6.42 Å². The maximum absolute atomic E-state index is 12.4. The molecule has 1 rings (SSSR count). The number of amides is 1. The first-order valence-electron chi connectivity index (χ1n) is 9.01. The Bertz CT molecular complexity index is 483. The Kier molecular flexibility index (Phi) is 10.7. The van der Waals surface area contributed by atoms with Crippen LogP contribution in [0.15, 0.2) is 0 Å². The first kappa shape index (κ1) is 24.2. The zero-order valence-electron chi connectivity index (χ0n) is 15.4. The van der Waals surface area contributed by atoms with E-state index in [1.165, 1.54) is 0 Å². The highest BCUT2D eigenvalue weighted by molar-refractivity contribution is 8.14. The van der Waals surface area contributed by atoms with E-state index in [-0.39, 0.29) is 12.3 Å². The fraction of sp³-hybridized carbons (Fsp3) is 0.875. The summed E-state index contributed by atoms with van der Waals surface area (Å²) in [5.41, 5.74) is 10.1. The normalized spacial score (nSPS) is 29.4. The van der Waals surface area contributed by atoms with Crippen LogP contribution in [0.2, 0.25) is 0 Å². The molecule has 0 spiro atoms. The summed E-state index contributed by atoms with van der Waals surface area (Å²) in [4.78, 5) is 26.3. The molecule has 1 aliphatic heterocycles. The number of carbonyl (C=O) groups excluding carboxylic acids is 2. The lowest BCUT2D eigenvalue weighted by Gasteiger charge is -2.39. The van der Waals surface area contributed by atoms with Crippen molar-refractivity contribution in [1.29, 1.82) is 0 Å². The van der Waals surface area contributed by atoms with Crippen molar-refractivity contribution < 1.29 is 34.8 Å². The minimum atomic E-state index is -1.57. The van der Waals surface area contributed by atoms with Gasteiger partial charge in [-0.2, -0.15) is 0 Å². The van der Waals surface area contributed by atoms with Gasteiger partial charge in [-0.15, -0.1) is 0 Å². The van der Waals surface area contributed by atoms with Crippen LogP contribution in [0.1, 0.15) is 26.2 Å². The van der Waals surface area contributed by atoms with Gasteiger partial charge in [0.05, 0.1) is 12.6 Å². The van der Waals surface area contributed by atoms with Crippen LogP contribution in [0.5, 0.6) is 0 Å². The van der Waals surface area contributed by atoms with Gasteiger partial charge in [0.25, 0.3) is 0 Å². The number of ether oxygens (including phenoxy) is 1. The summed E-state index contributed by atoms with van der Waals surface area (Å²) < 4.78 is 5.26. The Morgan fingerprint density at radius 1 is 1.19 bits per heavy atom. The number of hydrogen-bond donors (Lipinski definition) is 6. The predicted molar refractivity (Wildman–Crippen MR) is 99.5 cm³/mol. The minimum Gasteiger partial charge on any atom is -0.394 e. The van der Waals surface area contributed by atoms with Crippen molar-refractivity contribution in [2.75, 3.05) is 26.2 Å². The molecular formula is C16H31N3O7S. The number of hydrogen-bond acceptors (Lipinski definition) is 10. The molecule has 1 saturated heterocycles. The van der Waals surface area contributed by atoms with Crippen LogP contribution < -0.4 is 11.5 Å². The Hall–Kier alpha value is -0.790. The molecule has 11 heteroatoms. The summed E-state index contributed by atoms with van der Waals surface area (Å²) in [5.74, 6) is -0.263. The SMILES string of the molecule is CCCN(CCCN)C(=O)CC(N)C(=O)S[C@@H]1O[C@H](CO)[C@H](O)[C@H](O)[C@H]1O. The maximum atomic E-state index is 12.4. The highest BCUT2D eigenvalue weighted by Gasteiger charge is 2.44. The van der Waals surface area contributed by atoms with Gasteiger partial charge in [-0.25, -0.2) is 0 Å². The van der Waals surface area contributed by atoms with Crippen LogP contribution in [0, 0.1) is 0 Å². The number of thioether (sulfide) groups is 1. The van der Waals surface area contributed by atoms with Crippen molar-refractivity contribution in [3.05, 3.63) is 0 Å². The zero-order valence-corrected chi connectivity index (χ0v) is 16.3. The van der Waals surface area contributed by atoms with Crippen LogP contribution in [0.3, 0.4) is 0 Å². The number of rotatable bonds is 10. The van der Waals surface area contributed by atoms with Crippen LogP contribution >= 0.6 is 11.8 Å². The van der Waals surface area contributed by atoms with E-state index < -0.39 is 47.6 Å². The zero-order chi connectivity index (χ0) is 20.6. The summed E-state index contributed by atoms with van der Waals surface area (Å²) in [6, 6.07) is -1.12. The molecule has 1 amide bonds. The number of aliphatic hydroxyl groups excluding tert-OH is 4. The molecule has 0 bridgehead atoms. The first-order chi connectivity index (χ1) is 12.8. The van der Waals surface area contributed by atoms with Crippen molar-refractivity contribution in [1.82, 2.24) is 4.90 Å². The Labute approximate surface area is 162 Å². The van der Waals surface area contributed by atoms with Gasteiger partial charge in [0.15, 0.2) is 0 Å². The topological polar surface area (TPSA) is 180 Å². The van der Waals surface area contributed by atoms with Gasteiger partial charge in [-0.3, -0.25) is 9.59 Å². The van der Waals surface area contributed by atoms with Gasteiger partial charge in [-0.1, -0.05) is 18.7 Å². The molecule has 0 radical (unpaired) electrons. The summed E-state index contributed by atoms with van der Waals surface area (Å²) >= 11 is 0.537. The van der Waals surface area contributed by atoms with E-state index in [4.69, 9.17) is 16.2 Å². The van der Waals surface area contributed by atoms with Gasteiger partial charge >= 0.3 is 0 Å². The van der Waals surface area contributed by atoms with Crippen molar-refractivity contribution in [2.24, 2.45) is 11.5 Å². The molecular weight excluding hydrogens is 378 g/mol. The van der Waals surface area contributed by atoms with Crippen LogP contribution in [-0.2, 0) is 14.3 Å². The summed E-state index contributed by atoms with van der Waals surface area (Å²) in [6.07, 6.45) is -4.52. The Morgan fingerprint density at radius 3 is 2.41 bits per heavy atom. The standard InChI is InChI=1S/C16H31N3O7S/c1-2-5-19(6-3-4-17)11(21)7-9(18)15(25)27-16-14(24)13(23)12(22)10(8-20)26-16/h9-10,12-14,16,20,22-24H,2-8,17-18H2,1H3/t9?,10-,12+,13+,14-,16+/m1/s1. The average molecular weight is 410 g/mol. The van der Waals surface area contributed by atoms with Crippen molar-refractivity contribution in [3.63, 3.8) is 0 Å². The molecule has 0 aromatic heterocycles. The largest absolute Gasteiger partial charge is 0.394 e. The molecule has 1 unspecified atom stereocenters. The summed E-state index contributed by atoms with van der Waals surface area (Å²) in [6.45, 7) is 2.83. The molecule has 27 heavy (non-hydrogen) atoms. The van der Waals surface area contributed by atoms with E-state index in [2.05, 4.69) is 0 Å². The molecule has 1 heterocycles. The van der Waals surface area contributed by atoms with Gasteiger partial charge in [0.1, 0.15) is 29.9 Å². The van der Waals surface area contributed by atoms with E-state index in [0.29, 0.717) is 37.8 Å². The van der Waals surface area contributed by atoms with Crippen molar-refractivity contribution in [2.45, 2.75) is 62.1 Å². The van der Waals surface area contributed by atoms with Crippen LogP contribution in [-0.4, -0.2) is 98.5 Å². The monoisotopic (exact) mass is 409 g/mol. The van der Waals surface area contributed by atoms with E-state index in [1.54, 1.807) is 4.90 Å². The second kappa shape index (κ2) is 11.9. The van der Waals surface area contributed by atoms with Gasteiger partial charge in [0, 0.05) is 19.5 Å². The number of carbonyl (C=O) groups is 2.